The summed E-state index contributed by atoms with van der Waals surface area (Å²) in [5, 5.41) is 9.61. The first kappa shape index (κ1) is 64.7. The molecule has 1 N–H and O–H groups in total. The van der Waals surface area contributed by atoms with Gasteiger partial charge >= 0.3 is 11.9 Å². The van der Waals surface area contributed by atoms with Crippen LogP contribution in [0.2, 0.25) is 0 Å². The molecule has 0 heterocycles. The SMILES string of the molecule is CC/C=C\C/C=C\C/C=C\C/C=C\C/C=C\C/C=C\C/C=C\C/C=C\C/C=C\C/C=C\C/C=C\C/C=C\CCCCCCC(=O)OC(CO)COC(=O)CCCC/C=C\C/C=C\C/C=C\C/C=C\CC. The zero-order valence-corrected chi connectivity index (χ0v) is 43.9. The van der Waals surface area contributed by atoms with Gasteiger partial charge in [-0.3, -0.25) is 9.59 Å². The number of aliphatic hydroxyl groups is 1. The highest BCUT2D eigenvalue weighted by Gasteiger charge is 2.16. The molecular formula is C65H96O5. The molecule has 0 radical (unpaired) electrons. The molecule has 0 amide bonds. The van der Waals surface area contributed by atoms with Crippen LogP contribution in [0, 0.1) is 0 Å². The number of allylic oxidation sites excluding steroid dienone is 32. The van der Waals surface area contributed by atoms with Gasteiger partial charge < -0.3 is 14.6 Å². The fourth-order valence-electron chi connectivity index (χ4n) is 6.41. The molecule has 0 aromatic heterocycles. The van der Waals surface area contributed by atoms with Crippen LogP contribution in [0.1, 0.15) is 181 Å². The molecular weight excluding hydrogens is 861 g/mol. The number of aliphatic hydroxyl groups excluding tert-OH is 1. The van der Waals surface area contributed by atoms with E-state index >= 15 is 0 Å². The van der Waals surface area contributed by atoms with Gasteiger partial charge in [0.25, 0.3) is 0 Å². The highest BCUT2D eigenvalue weighted by molar-refractivity contribution is 5.70. The van der Waals surface area contributed by atoms with Crippen molar-refractivity contribution < 1.29 is 24.2 Å². The number of carbonyl (C=O) groups is 2. The maximum atomic E-state index is 12.3. The summed E-state index contributed by atoms with van der Waals surface area (Å²) in [6.45, 7) is 3.82. The van der Waals surface area contributed by atoms with Crippen LogP contribution >= 0.6 is 0 Å². The third-order valence-corrected chi connectivity index (χ3v) is 10.4. The van der Waals surface area contributed by atoms with Crippen molar-refractivity contribution in [3.8, 4) is 0 Å². The van der Waals surface area contributed by atoms with Gasteiger partial charge in [0.2, 0.25) is 0 Å². The second-order valence-electron chi connectivity index (χ2n) is 16.8. The number of ether oxygens (including phenoxy) is 2. The predicted octanol–water partition coefficient (Wildman–Crippen LogP) is 18.5. The maximum absolute atomic E-state index is 12.3. The van der Waals surface area contributed by atoms with E-state index < -0.39 is 6.10 Å². The molecule has 0 aliphatic rings. The zero-order chi connectivity index (χ0) is 50.6. The number of unbranched alkanes of at least 4 members (excludes halogenated alkanes) is 6. The van der Waals surface area contributed by atoms with Crippen molar-refractivity contribution in [2.45, 2.75) is 187 Å². The molecule has 0 spiro atoms. The van der Waals surface area contributed by atoms with Crippen molar-refractivity contribution in [2.24, 2.45) is 0 Å². The molecule has 0 aromatic carbocycles. The molecule has 1 atom stereocenters. The molecule has 0 aromatic rings. The lowest BCUT2D eigenvalue weighted by molar-refractivity contribution is -0.161. The fourth-order valence-corrected chi connectivity index (χ4v) is 6.41. The third-order valence-electron chi connectivity index (χ3n) is 10.4. The Labute approximate surface area is 428 Å². The van der Waals surface area contributed by atoms with E-state index in [0.717, 1.165) is 154 Å². The van der Waals surface area contributed by atoms with Crippen LogP contribution in [0.15, 0.2) is 194 Å². The normalized spacial score (nSPS) is 13.8. The molecule has 0 aliphatic carbocycles. The van der Waals surface area contributed by atoms with Gasteiger partial charge in [0.05, 0.1) is 6.61 Å². The van der Waals surface area contributed by atoms with Crippen LogP contribution in [0.25, 0.3) is 0 Å². The van der Waals surface area contributed by atoms with Crippen molar-refractivity contribution in [1.29, 1.82) is 0 Å². The number of carbonyl (C=O) groups excluding carboxylic acids is 2. The van der Waals surface area contributed by atoms with Crippen molar-refractivity contribution in [3.05, 3.63) is 194 Å². The van der Waals surface area contributed by atoms with Crippen molar-refractivity contribution in [3.63, 3.8) is 0 Å². The summed E-state index contributed by atoms with van der Waals surface area (Å²) in [6.07, 6.45) is 93.9. The fraction of sp³-hybridized carbons (Fsp3) is 0.477. The van der Waals surface area contributed by atoms with E-state index in [1.807, 2.05) is 0 Å². The summed E-state index contributed by atoms with van der Waals surface area (Å²) in [5.41, 5.74) is 0. The summed E-state index contributed by atoms with van der Waals surface area (Å²) in [6, 6.07) is 0. The summed E-state index contributed by atoms with van der Waals surface area (Å²) >= 11 is 0. The Morgan fingerprint density at radius 1 is 0.329 bits per heavy atom. The predicted molar refractivity (Wildman–Crippen MR) is 306 cm³/mol. The Balaban J connectivity index is 3.73. The molecule has 386 valence electrons. The van der Waals surface area contributed by atoms with Crippen LogP contribution in [-0.2, 0) is 19.1 Å². The zero-order valence-electron chi connectivity index (χ0n) is 43.9. The average molecular weight is 957 g/mol. The van der Waals surface area contributed by atoms with Crippen molar-refractivity contribution >= 4 is 11.9 Å². The molecule has 1 unspecified atom stereocenters. The molecule has 70 heavy (non-hydrogen) atoms. The Morgan fingerprint density at radius 2 is 0.571 bits per heavy atom. The first-order valence-corrected chi connectivity index (χ1v) is 27.0. The second kappa shape index (κ2) is 58.1. The topological polar surface area (TPSA) is 72.8 Å². The molecule has 5 heteroatoms. The number of rotatable bonds is 46. The largest absolute Gasteiger partial charge is 0.462 e. The molecule has 5 nitrogen and oxygen atoms in total. The smallest absolute Gasteiger partial charge is 0.306 e. The van der Waals surface area contributed by atoms with Crippen LogP contribution in [-0.4, -0.2) is 36.4 Å². The lowest BCUT2D eigenvalue weighted by Gasteiger charge is -2.15. The van der Waals surface area contributed by atoms with Gasteiger partial charge in [-0.2, -0.15) is 0 Å². The van der Waals surface area contributed by atoms with E-state index in [1.165, 1.54) is 0 Å². The van der Waals surface area contributed by atoms with E-state index in [0.29, 0.717) is 12.8 Å². The summed E-state index contributed by atoms with van der Waals surface area (Å²) in [7, 11) is 0. The lowest BCUT2D eigenvalue weighted by atomic mass is 10.1. The van der Waals surface area contributed by atoms with E-state index in [-0.39, 0.29) is 25.2 Å². The first-order valence-electron chi connectivity index (χ1n) is 27.0. The van der Waals surface area contributed by atoms with Crippen LogP contribution < -0.4 is 0 Å². The number of hydrogen-bond acceptors (Lipinski definition) is 5. The molecule has 0 rings (SSSR count). The summed E-state index contributed by atoms with van der Waals surface area (Å²) < 4.78 is 10.6. The molecule has 0 aliphatic heterocycles. The lowest BCUT2D eigenvalue weighted by Crippen LogP contribution is -2.28. The second-order valence-corrected chi connectivity index (χ2v) is 16.8. The maximum Gasteiger partial charge on any atom is 0.306 e. The number of esters is 2. The van der Waals surface area contributed by atoms with Crippen LogP contribution in [0.3, 0.4) is 0 Å². The Kier molecular flexibility index (Phi) is 53.7. The van der Waals surface area contributed by atoms with E-state index in [4.69, 9.17) is 9.47 Å². The van der Waals surface area contributed by atoms with E-state index in [9.17, 15) is 14.7 Å². The molecule has 0 saturated heterocycles. The molecule has 0 fully saturated rings. The summed E-state index contributed by atoms with van der Waals surface area (Å²) in [5.74, 6) is -0.688. The van der Waals surface area contributed by atoms with Crippen molar-refractivity contribution in [1.82, 2.24) is 0 Å². The molecule has 0 saturated carbocycles. The van der Waals surface area contributed by atoms with Gasteiger partial charge in [0, 0.05) is 12.8 Å². The Hall–Kier alpha value is -5.26. The minimum atomic E-state index is -0.818. The minimum Gasteiger partial charge on any atom is -0.462 e. The number of hydrogen-bond donors (Lipinski definition) is 1. The standard InChI is InChI=1S/C65H96O5/c1-3-5-7-9-11-13-15-17-19-20-21-22-23-24-25-26-27-28-29-30-31-32-33-34-35-36-37-38-39-40-41-42-43-44-46-48-50-52-54-56-58-60-65(68)70-63(61-66)62-69-64(67)59-57-55-53-51-49-47-45-18-16-14-12-10-8-6-4-2/h5-8,11-14,17-19,21-22,24-25,27-28,30-31,33-34,36-37,39-40,42-43,45-46,48-49,51,63,66H,3-4,9-10,15-16,20,23,26,29,32,35,38,41,44,47,50,52-62H2,1-2H3/b7-5-,8-6-,13-11-,14-12-,19-17-,22-21-,25-24-,28-27-,31-30-,34-33-,37-36-,40-39-,43-42-,45-18-,48-46-,51-49-. The minimum absolute atomic E-state index is 0.112. The first-order chi connectivity index (χ1) is 34.6. The van der Waals surface area contributed by atoms with Gasteiger partial charge in [-0.15, -0.1) is 0 Å². The quantitative estimate of drug-likeness (QED) is 0.0374. The van der Waals surface area contributed by atoms with Gasteiger partial charge in [0.1, 0.15) is 6.61 Å². The van der Waals surface area contributed by atoms with Gasteiger partial charge in [0.15, 0.2) is 6.10 Å². The van der Waals surface area contributed by atoms with Crippen molar-refractivity contribution in [2.75, 3.05) is 13.2 Å². The monoisotopic (exact) mass is 957 g/mol. The Bertz CT molecular complexity index is 1700. The van der Waals surface area contributed by atoms with E-state index in [2.05, 4.69) is 208 Å². The Morgan fingerprint density at radius 3 is 0.871 bits per heavy atom. The van der Waals surface area contributed by atoms with Gasteiger partial charge in [-0.25, -0.2) is 0 Å². The van der Waals surface area contributed by atoms with Gasteiger partial charge in [-0.1, -0.05) is 221 Å². The highest BCUT2D eigenvalue weighted by atomic mass is 16.6. The van der Waals surface area contributed by atoms with Crippen LogP contribution in [0.4, 0.5) is 0 Å². The van der Waals surface area contributed by atoms with Gasteiger partial charge in [-0.05, 0) is 141 Å². The highest BCUT2D eigenvalue weighted by Crippen LogP contribution is 2.10. The average Bonchev–Trinajstić information content (AvgIpc) is 3.36. The van der Waals surface area contributed by atoms with E-state index in [1.54, 1.807) is 0 Å². The molecule has 0 bridgehead atoms. The van der Waals surface area contributed by atoms with Crippen LogP contribution in [0.5, 0.6) is 0 Å². The third kappa shape index (κ3) is 55.3. The summed E-state index contributed by atoms with van der Waals surface area (Å²) in [4.78, 5) is 24.4.